The zero-order chi connectivity index (χ0) is 10.7. The molecule has 0 N–H and O–H groups in total. The maximum atomic E-state index is 2.55. The molecule has 2 bridgehead atoms. The summed E-state index contributed by atoms with van der Waals surface area (Å²) >= 11 is 0. The fourth-order valence-corrected chi connectivity index (χ4v) is 4.89. The van der Waals surface area contributed by atoms with Gasteiger partial charge in [0.15, 0.2) is 0 Å². The normalized spacial score (nSPS) is 47.8. The summed E-state index contributed by atoms with van der Waals surface area (Å²) < 4.78 is 0. The van der Waals surface area contributed by atoms with Crippen LogP contribution >= 0.6 is 0 Å². The van der Waals surface area contributed by atoms with Crippen LogP contribution in [0.1, 0.15) is 65.7 Å². The number of hydrogen-bond donors (Lipinski definition) is 0. The van der Waals surface area contributed by atoms with Gasteiger partial charge in [-0.05, 0) is 32.1 Å². The highest BCUT2D eigenvalue weighted by atomic mass is 14.6. The summed E-state index contributed by atoms with van der Waals surface area (Å²) in [5.41, 5.74) is 1.32. The van der Waals surface area contributed by atoms with Crippen molar-refractivity contribution in [1.82, 2.24) is 0 Å². The molecule has 3 rings (SSSR count). The monoisotopic (exact) mass is 205 g/mol. The molecule has 3 aliphatic rings. The van der Waals surface area contributed by atoms with Crippen LogP contribution in [-0.4, -0.2) is 0 Å². The molecule has 0 amide bonds. The molecule has 0 spiro atoms. The van der Waals surface area contributed by atoms with Gasteiger partial charge in [-0.15, -0.1) is 0 Å². The van der Waals surface area contributed by atoms with E-state index in [0.29, 0.717) is 10.8 Å². The predicted octanol–water partition coefficient (Wildman–Crippen LogP) is 4.60. The zero-order valence-corrected chi connectivity index (χ0v) is 10.6. The minimum atomic E-state index is 0.624. The van der Waals surface area contributed by atoms with Gasteiger partial charge in [-0.2, -0.15) is 0 Å². The van der Waals surface area contributed by atoms with E-state index < -0.39 is 0 Å². The Labute approximate surface area is 94.8 Å². The molecule has 15 heavy (non-hydrogen) atoms. The second-order valence-electron chi connectivity index (χ2n) is 7.44. The molecule has 3 unspecified atom stereocenters. The Morgan fingerprint density at radius 2 is 1.87 bits per heavy atom. The van der Waals surface area contributed by atoms with Crippen molar-refractivity contribution in [3.8, 4) is 0 Å². The first-order valence-electron chi connectivity index (χ1n) is 6.86. The van der Waals surface area contributed by atoms with Crippen LogP contribution in [-0.2, 0) is 0 Å². The van der Waals surface area contributed by atoms with Crippen LogP contribution in [0.3, 0.4) is 0 Å². The van der Waals surface area contributed by atoms with Crippen LogP contribution in [0.2, 0.25) is 0 Å². The van der Waals surface area contributed by atoms with Crippen LogP contribution in [0.4, 0.5) is 0 Å². The highest BCUT2D eigenvalue weighted by molar-refractivity contribution is 5.19. The molecular weight excluding hydrogens is 180 g/mol. The molecule has 3 saturated carbocycles. The van der Waals surface area contributed by atoms with E-state index in [4.69, 9.17) is 0 Å². The summed E-state index contributed by atoms with van der Waals surface area (Å²) in [5.74, 6) is 3.98. The summed E-state index contributed by atoms with van der Waals surface area (Å²) in [6, 6.07) is 0. The Kier molecular flexibility index (Phi) is 1.98. The van der Waals surface area contributed by atoms with Crippen molar-refractivity contribution in [2.75, 3.05) is 0 Å². The Balaban J connectivity index is 1.93. The van der Waals surface area contributed by atoms with E-state index in [1.165, 1.54) is 44.9 Å². The van der Waals surface area contributed by atoms with Crippen LogP contribution in [0.15, 0.2) is 0 Å². The first kappa shape index (κ1) is 10.1. The van der Waals surface area contributed by atoms with Gasteiger partial charge in [0.05, 0.1) is 12.3 Å². The van der Waals surface area contributed by atoms with Crippen LogP contribution < -0.4 is 0 Å². The minimum Gasteiger partial charge on any atom is -0.0556 e. The van der Waals surface area contributed by atoms with Crippen molar-refractivity contribution >= 4 is 0 Å². The van der Waals surface area contributed by atoms with Crippen LogP contribution in [0.25, 0.3) is 0 Å². The Hall–Kier alpha value is -0.130. The number of hydrogen-bond acceptors (Lipinski definition) is 0. The summed E-state index contributed by atoms with van der Waals surface area (Å²) in [6.45, 7) is 7.58. The molecule has 0 radical (unpaired) electrons. The predicted molar refractivity (Wildman–Crippen MR) is 64.4 cm³/mol. The summed E-state index contributed by atoms with van der Waals surface area (Å²) in [7, 11) is 0. The summed E-state index contributed by atoms with van der Waals surface area (Å²) in [6.07, 6.45) is 10.5. The van der Waals surface area contributed by atoms with Gasteiger partial charge in [0.25, 0.3) is 0 Å². The van der Waals surface area contributed by atoms with Crippen LogP contribution in [0.5, 0.6) is 0 Å². The lowest BCUT2D eigenvalue weighted by atomic mass is 9.62. The molecule has 84 valence electrons. The van der Waals surface area contributed by atoms with Gasteiger partial charge in [0, 0.05) is 17.3 Å². The van der Waals surface area contributed by atoms with Gasteiger partial charge in [0.2, 0.25) is 0 Å². The van der Waals surface area contributed by atoms with Gasteiger partial charge in [-0.25, -0.2) is 0 Å². The SMILES string of the molecule is CC12CCCC3CC(C)(C)C(CC1)[C+]3C2. The fraction of sp³-hybridized carbons (Fsp3) is 0.933. The third-order valence-corrected chi connectivity index (χ3v) is 5.69. The summed E-state index contributed by atoms with van der Waals surface area (Å²) in [5, 5.41) is 0. The number of fused-ring (bicyclic) bond motifs is 1. The standard InChI is InChI=1S/C15H25/c1-14(2)9-11-5-4-7-15(3)8-6-13(14)12(11)10-15/h11,13H,4-10H2,1-3H3/q+1. The first-order valence-corrected chi connectivity index (χ1v) is 6.86. The van der Waals surface area contributed by atoms with Crippen molar-refractivity contribution in [3.63, 3.8) is 0 Å². The molecule has 3 fully saturated rings. The van der Waals surface area contributed by atoms with E-state index >= 15 is 0 Å². The second kappa shape index (κ2) is 2.96. The molecule has 0 aromatic rings. The van der Waals surface area contributed by atoms with E-state index in [1.807, 2.05) is 5.92 Å². The smallest absolute Gasteiger partial charge is 0.0556 e. The van der Waals surface area contributed by atoms with Crippen molar-refractivity contribution in [2.24, 2.45) is 22.7 Å². The molecule has 0 heterocycles. The average molecular weight is 205 g/mol. The molecule has 0 nitrogen and oxygen atoms in total. The van der Waals surface area contributed by atoms with Gasteiger partial charge < -0.3 is 0 Å². The second-order valence-corrected chi connectivity index (χ2v) is 7.44. The van der Waals surface area contributed by atoms with Crippen LogP contribution in [0, 0.1) is 28.6 Å². The Bertz CT molecular complexity index is 265. The average Bonchev–Trinajstić information content (AvgIpc) is 2.31. The summed E-state index contributed by atoms with van der Waals surface area (Å²) in [4.78, 5) is 0. The molecule has 0 aromatic carbocycles. The third-order valence-electron chi connectivity index (χ3n) is 5.69. The van der Waals surface area contributed by atoms with Crippen molar-refractivity contribution < 1.29 is 0 Å². The molecular formula is C15H25+. The number of rotatable bonds is 0. The van der Waals surface area contributed by atoms with E-state index in [9.17, 15) is 0 Å². The fourth-order valence-electron chi connectivity index (χ4n) is 4.89. The molecule has 0 saturated heterocycles. The highest BCUT2D eigenvalue weighted by Crippen LogP contribution is 2.63. The van der Waals surface area contributed by atoms with E-state index in [1.54, 1.807) is 0 Å². The lowest BCUT2D eigenvalue weighted by molar-refractivity contribution is 0.140. The lowest BCUT2D eigenvalue weighted by Gasteiger charge is -2.36. The van der Waals surface area contributed by atoms with Crippen molar-refractivity contribution in [2.45, 2.75) is 65.7 Å². The maximum Gasteiger partial charge on any atom is 0.106 e. The van der Waals surface area contributed by atoms with Gasteiger partial charge >= 0.3 is 0 Å². The quantitative estimate of drug-likeness (QED) is 0.507. The van der Waals surface area contributed by atoms with E-state index in [-0.39, 0.29) is 0 Å². The first-order chi connectivity index (χ1) is 7.00. The Morgan fingerprint density at radius 3 is 2.67 bits per heavy atom. The maximum absolute atomic E-state index is 2.55. The largest absolute Gasteiger partial charge is 0.106 e. The lowest BCUT2D eigenvalue weighted by Crippen LogP contribution is -2.32. The molecule has 3 atom stereocenters. The van der Waals surface area contributed by atoms with E-state index in [0.717, 1.165) is 11.8 Å². The molecule has 3 aliphatic carbocycles. The van der Waals surface area contributed by atoms with Crippen molar-refractivity contribution in [3.05, 3.63) is 5.92 Å². The minimum absolute atomic E-state index is 0.624. The Morgan fingerprint density at radius 1 is 1.07 bits per heavy atom. The van der Waals surface area contributed by atoms with E-state index in [2.05, 4.69) is 20.8 Å². The third kappa shape index (κ3) is 1.44. The topological polar surface area (TPSA) is 0 Å². The van der Waals surface area contributed by atoms with Gasteiger partial charge in [-0.3, -0.25) is 0 Å². The van der Waals surface area contributed by atoms with Crippen molar-refractivity contribution in [1.29, 1.82) is 0 Å². The zero-order valence-electron chi connectivity index (χ0n) is 10.6. The van der Waals surface area contributed by atoms with Gasteiger partial charge in [-0.1, -0.05) is 20.8 Å². The molecule has 0 aromatic heterocycles. The highest BCUT2D eigenvalue weighted by Gasteiger charge is 2.61. The molecule has 0 aliphatic heterocycles. The van der Waals surface area contributed by atoms with Gasteiger partial charge in [0.1, 0.15) is 11.8 Å². The molecule has 0 heteroatoms.